The number of ketones is 1. The SMILES string of the molecule is CCOC(=O)C(Cc1ccc(Cl)cc1F)C(=O)C1CCC1. The molecule has 1 aliphatic rings. The van der Waals surface area contributed by atoms with Gasteiger partial charge in [-0.3, -0.25) is 9.59 Å². The number of carbonyl (C=O) groups is 2. The molecule has 0 radical (unpaired) electrons. The van der Waals surface area contributed by atoms with Crippen molar-refractivity contribution in [2.75, 3.05) is 6.61 Å². The normalized spacial score (nSPS) is 16.1. The fraction of sp³-hybridized carbons (Fsp3) is 0.500. The average Bonchev–Trinajstić information content (AvgIpc) is 2.35. The zero-order chi connectivity index (χ0) is 15.4. The lowest BCUT2D eigenvalue weighted by Crippen LogP contribution is -2.36. The predicted octanol–water partition coefficient (Wildman–Crippen LogP) is 3.57. The summed E-state index contributed by atoms with van der Waals surface area (Å²) in [6.07, 6.45) is 2.63. The number of hydrogen-bond acceptors (Lipinski definition) is 3. The summed E-state index contributed by atoms with van der Waals surface area (Å²) in [6.45, 7) is 1.89. The van der Waals surface area contributed by atoms with E-state index in [1.165, 1.54) is 12.1 Å². The number of esters is 1. The van der Waals surface area contributed by atoms with Crippen molar-refractivity contribution >= 4 is 23.4 Å². The van der Waals surface area contributed by atoms with Crippen molar-refractivity contribution in [2.45, 2.75) is 32.6 Å². The minimum atomic E-state index is -0.925. The Morgan fingerprint density at radius 1 is 1.43 bits per heavy atom. The van der Waals surface area contributed by atoms with Gasteiger partial charge in [-0.05, 0) is 43.9 Å². The number of halogens is 2. The van der Waals surface area contributed by atoms with E-state index in [1.807, 2.05) is 0 Å². The summed E-state index contributed by atoms with van der Waals surface area (Å²) in [5.74, 6) is -2.21. The summed E-state index contributed by atoms with van der Waals surface area (Å²) in [5.41, 5.74) is 0.310. The van der Waals surface area contributed by atoms with Crippen molar-refractivity contribution in [3.8, 4) is 0 Å². The van der Waals surface area contributed by atoms with Crippen LogP contribution in [0.15, 0.2) is 18.2 Å². The van der Waals surface area contributed by atoms with Crippen molar-refractivity contribution in [1.82, 2.24) is 0 Å². The summed E-state index contributed by atoms with van der Waals surface area (Å²) in [7, 11) is 0. The molecule has 0 amide bonds. The van der Waals surface area contributed by atoms with Crippen LogP contribution in [0.5, 0.6) is 0 Å². The fourth-order valence-corrected chi connectivity index (χ4v) is 2.59. The van der Waals surface area contributed by atoms with Crippen molar-refractivity contribution in [3.05, 3.63) is 34.6 Å². The lowest BCUT2D eigenvalue weighted by molar-refractivity contribution is -0.153. The van der Waals surface area contributed by atoms with E-state index in [0.717, 1.165) is 19.3 Å². The van der Waals surface area contributed by atoms with Gasteiger partial charge in [0.05, 0.1) is 6.61 Å². The summed E-state index contributed by atoms with van der Waals surface area (Å²) < 4.78 is 18.8. The Morgan fingerprint density at radius 3 is 2.67 bits per heavy atom. The zero-order valence-electron chi connectivity index (χ0n) is 11.9. The van der Waals surface area contributed by atoms with Crippen LogP contribution < -0.4 is 0 Å². The molecule has 2 rings (SSSR count). The molecule has 1 saturated carbocycles. The van der Waals surface area contributed by atoms with Crippen LogP contribution in [-0.4, -0.2) is 18.4 Å². The fourth-order valence-electron chi connectivity index (χ4n) is 2.43. The summed E-state index contributed by atoms with van der Waals surface area (Å²) in [5, 5.41) is 0.286. The number of benzene rings is 1. The Bertz CT molecular complexity index is 540. The maximum atomic E-state index is 13.9. The second kappa shape index (κ2) is 7.03. The second-order valence-corrected chi connectivity index (χ2v) is 5.71. The Morgan fingerprint density at radius 2 is 2.14 bits per heavy atom. The Labute approximate surface area is 128 Å². The number of Topliss-reactive ketones (excluding diaryl/α,β-unsaturated/α-hetero) is 1. The summed E-state index contributed by atoms with van der Waals surface area (Å²) in [4.78, 5) is 24.4. The van der Waals surface area contributed by atoms with Gasteiger partial charge in [0.2, 0.25) is 0 Å². The second-order valence-electron chi connectivity index (χ2n) is 5.27. The van der Waals surface area contributed by atoms with E-state index in [4.69, 9.17) is 16.3 Å². The molecule has 0 saturated heterocycles. The predicted molar refractivity (Wildman–Crippen MR) is 77.6 cm³/mol. The monoisotopic (exact) mass is 312 g/mol. The van der Waals surface area contributed by atoms with Crippen LogP contribution in [0, 0.1) is 17.7 Å². The molecule has 1 fully saturated rings. The van der Waals surface area contributed by atoms with Gasteiger partial charge in [0.25, 0.3) is 0 Å². The van der Waals surface area contributed by atoms with Crippen molar-refractivity contribution in [3.63, 3.8) is 0 Å². The highest BCUT2D eigenvalue weighted by Crippen LogP contribution is 2.31. The van der Waals surface area contributed by atoms with Gasteiger partial charge in [0.1, 0.15) is 11.7 Å². The van der Waals surface area contributed by atoms with Crippen LogP contribution in [0.25, 0.3) is 0 Å². The lowest BCUT2D eigenvalue weighted by Gasteiger charge is -2.27. The highest BCUT2D eigenvalue weighted by atomic mass is 35.5. The number of rotatable bonds is 6. The van der Waals surface area contributed by atoms with Gasteiger partial charge in [-0.2, -0.15) is 0 Å². The summed E-state index contributed by atoms with van der Waals surface area (Å²) >= 11 is 5.71. The lowest BCUT2D eigenvalue weighted by atomic mass is 9.76. The van der Waals surface area contributed by atoms with E-state index in [9.17, 15) is 14.0 Å². The number of ether oxygens (including phenoxy) is 1. The van der Waals surface area contributed by atoms with E-state index in [1.54, 1.807) is 13.0 Å². The molecule has 0 spiro atoms. The molecule has 1 unspecified atom stereocenters. The Hall–Kier alpha value is -1.42. The van der Waals surface area contributed by atoms with Crippen LogP contribution in [0.3, 0.4) is 0 Å². The maximum Gasteiger partial charge on any atom is 0.316 e. The number of hydrogen-bond donors (Lipinski definition) is 0. The molecule has 1 aliphatic carbocycles. The molecule has 114 valence electrons. The van der Waals surface area contributed by atoms with Gasteiger partial charge in [-0.1, -0.05) is 24.1 Å². The molecular weight excluding hydrogens is 295 g/mol. The molecule has 0 aliphatic heterocycles. The van der Waals surface area contributed by atoms with Crippen LogP contribution >= 0.6 is 11.6 Å². The topological polar surface area (TPSA) is 43.4 Å². The molecule has 5 heteroatoms. The Kier molecular flexibility index (Phi) is 5.34. The zero-order valence-corrected chi connectivity index (χ0v) is 12.7. The van der Waals surface area contributed by atoms with Crippen molar-refractivity contribution in [2.24, 2.45) is 11.8 Å². The third kappa shape index (κ3) is 3.82. The van der Waals surface area contributed by atoms with Gasteiger partial charge >= 0.3 is 5.97 Å². The molecule has 3 nitrogen and oxygen atoms in total. The van der Waals surface area contributed by atoms with Crippen molar-refractivity contribution < 1.29 is 18.7 Å². The maximum absolute atomic E-state index is 13.9. The third-order valence-electron chi connectivity index (χ3n) is 3.86. The van der Waals surface area contributed by atoms with Gasteiger partial charge < -0.3 is 4.74 Å². The van der Waals surface area contributed by atoms with E-state index in [0.29, 0.717) is 5.56 Å². The van der Waals surface area contributed by atoms with Crippen LogP contribution in [0.2, 0.25) is 5.02 Å². The van der Waals surface area contributed by atoms with E-state index in [-0.39, 0.29) is 29.8 Å². The molecule has 0 heterocycles. The highest BCUT2D eigenvalue weighted by Gasteiger charge is 2.36. The molecule has 21 heavy (non-hydrogen) atoms. The average molecular weight is 313 g/mol. The molecule has 0 aromatic heterocycles. The van der Waals surface area contributed by atoms with E-state index >= 15 is 0 Å². The molecule has 1 aromatic carbocycles. The smallest absolute Gasteiger partial charge is 0.316 e. The van der Waals surface area contributed by atoms with Gasteiger partial charge in [-0.15, -0.1) is 0 Å². The van der Waals surface area contributed by atoms with Crippen molar-refractivity contribution in [1.29, 1.82) is 0 Å². The van der Waals surface area contributed by atoms with Gasteiger partial charge in [0.15, 0.2) is 5.78 Å². The van der Waals surface area contributed by atoms with Gasteiger partial charge in [-0.25, -0.2) is 4.39 Å². The first-order valence-corrected chi connectivity index (χ1v) is 7.55. The quantitative estimate of drug-likeness (QED) is 0.596. The van der Waals surface area contributed by atoms with Gasteiger partial charge in [0, 0.05) is 10.9 Å². The van der Waals surface area contributed by atoms with Crippen LogP contribution in [0.1, 0.15) is 31.7 Å². The minimum absolute atomic E-state index is 0.0250. The van der Waals surface area contributed by atoms with Crippen LogP contribution in [-0.2, 0) is 20.7 Å². The summed E-state index contributed by atoms with van der Waals surface area (Å²) in [6, 6.07) is 4.25. The molecular formula is C16H18ClFO3. The molecule has 0 bridgehead atoms. The third-order valence-corrected chi connectivity index (χ3v) is 4.10. The highest BCUT2D eigenvalue weighted by molar-refractivity contribution is 6.30. The molecule has 0 N–H and O–H groups in total. The standard InChI is InChI=1S/C16H18ClFO3/c1-2-21-16(20)13(15(19)10-4-3-5-10)8-11-6-7-12(17)9-14(11)18/h6-7,9-10,13H,2-5,8H2,1H3. The van der Waals surface area contributed by atoms with E-state index in [2.05, 4.69) is 0 Å². The first-order valence-electron chi connectivity index (χ1n) is 7.17. The molecule has 1 aromatic rings. The molecule has 1 atom stereocenters. The number of carbonyl (C=O) groups excluding carboxylic acids is 2. The first-order chi connectivity index (χ1) is 10.0. The largest absolute Gasteiger partial charge is 0.465 e. The van der Waals surface area contributed by atoms with Crippen LogP contribution in [0.4, 0.5) is 4.39 Å². The van der Waals surface area contributed by atoms with E-state index < -0.39 is 17.7 Å². The Balaban J connectivity index is 2.18. The first kappa shape index (κ1) is 16.0. The minimum Gasteiger partial charge on any atom is -0.465 e.